The third-order valence-electron chi connectivity index (χ3n) is 2.68. The normalized spacial score (nSPS) is 10.1. The molecule has 0 atom stereocenters. The smallest absolute Gasteiger partial charge is 0.00158 e. The van der Waals surface area contributed by atoms with Gasteiger partial charge in [-0.3, -0.25) is 0 Å². The third-order valence-corrected chi connectivity index (χ3v) is 2.68. The van der Waals surface area contributed by atoms with E-state index < -0.39 is 0 Å². The fourth-order valence-electron chi connectivity index (χ4n) is 1.69. The van der Waals surface area contributed by atoms with Crippen molar-refractivity contribution in [3.05, 3.63) is 35.9 Å². The van der Waals surface area contributed by atoms with E-state index in [1.165, 1.54) is 38.0 Å². The van der Waals surface area contributed by atoms with Gasteiger partial charge in [0.2, 0.25) is 0 Å². The molecule has 1 nitrogen and oxygen atoms in total. The predicted octanol–water partition coefficient (Wildman–Crippen LogP) is -0.0350. The SMILES string of the molecule is CCN(CC)CCCc1ccccc1.[Cl-]. The number of benzene rings is 1. The minimum absolute atomic E-state index is 0. The summed E-state index contributed by atoms with van der Waals surface area (Å²) in [6.07, 6.45) is 2.48. The van der Waals surface area contributed by atoms with Gasteiger partial charge in [0.25, 0.3) is 0 Å². The van der Waals surface area contributed by atoms with Crippen LogP contribution in [0.15, 0.2) is 30.3 Å². The zero-order chi connectivity index (χ0) is 10.2. The zero-order valence-corrected chi connectivity index (χ0v) is 10.5. The first-order valence-electron chi connectivity index (χ1n) is 5.63. The summed E-state index contributed by atoms with van der Waals surface area (Å²) in [5.41, 5.74) is 1.46. The molecule has 0 saturated heterocycles. The molecule has 15 heavy (non-hydrogen) atoms. The van der Waals surface area contributed by atoms with Crippen LogP contribution in [-0.4, -0.2) is 24.5 Å². The van der Waals surface area contributed by atoms with Gasteiger partial charge >= 0.3 is 0 Å². The molecule has 0 aromatic heterocycles. The molecular weight excluding hydrogens is 206 g/mol. The molecule has 0 saturated carbocycles. The lowest BCUT2D eigenvalue weighted by molar-refractivity contribution is -0.00000306. The molecule has 2 heteroatoms. The molecule has 1 rings (SSSR count). The van der Waals surface area contributed by atoms with Crippen molar-refractivity contribution in [2.45, 2.75) is 26.7 Å². The molecule has 0 radical (unpaired) electrons. The molecule has 1 aromatic carbocycles. The Hall–Kier alpha value is -0.530. The third kappa shape index (κ3) is 5.81. The number of aryl methyl sites for hydroxylation is 1. The zero-order valence-electron chi connectivity index (χ0n) is 9.75. The van der Waals surface area contributed by atoms with Crippen LogP contribution >= 0.6 is 0 Å². The Morgan fingerprint density at radius 3 is 2.13 bits per heavy atom. The van der Waals surface area contributed by atoms with Gasteiger partial charge in [-0.05, 0) is 38.0 Å². The molecule has 0 unspecified atom stereocenters. The van der Waals surface area contributed by atoms with Gasteiger partial charge in [-0.2, -0.15) is 0 Å². The summed E-state index contributed by atoms with van der Waals surface area (Å²) >= 11 is 0. The number of halogens is 1. The van der Waals surface area contributed by atoms with Gasteiger partial charge in [0.15, 0.2) is 0 Å². The molecule has 0 bridgehead atoms. The maximum atomic E-state index is 2.48. The van der Waals surface area contributed by atoms with E-state index in [4.69, 9.17) is 0 Å². The summed E-state index contributed by atoms with van der Waals surface area (Å²) < 4.78 is 0. The largest absolute Gasteiger partial charge is 1.00 e. The van der Waals surface area contributed by atoms with Crippen molar-refractivity contribution < 1.29 is 12.4 Å². The summed E-state index contributed by atoms with van der Waals surface area (Å²) in [5, 5.41) is 0. The van der Waals surface area contributed by atoms with E-state index >= 15 is 0 Å². The second-order valence-corrected chi connectivity index (χ2v) is 3.62. The van der Waals surface area contributed by atoms with E-state index in [9.17, 15) is 0 Å². The van der Waals surface area contributed by atoms with Crippen molar-refractivity contribution >= 4 is 0 Å². The first-order valence-corrected chi connectivity index (χ1v) is 5.63. The number of hydrogen-bond donors (Lipinski definition) is 0. The molecule has 0 aliphatic carbocycles. The first kappa shape index (κ1) is 14.5. The minimum Gasteiger partial charge on any atom is -1.00 e. The van der Waals surface area contributed by atoms with Crippen LogP contribution in [0.2, 0.25) is 0 Å². The Balaban J connectivity index is 0.00000196. The van der Waals surface area contributed by atoms with Crippen LogP contribution in [0, 0.1) is 0 Å². The number of nitrogens with zero attached hydrogens (tertiary/aromatic N) is 1. The van der Waals surface area contributed by atoms with E-state index in [2.05, 4.69) is 49.1 Å². The monoisotopic (exact) mass is 226 g/mol. The van der Waals surface area contributed by atoms with Crippen molar-refractivity contribution in [1.29, 1.82) is 0 Å². The highest BCUT2D eigenvalue weighted by Gasteiger charge is 1.98. The van der Waals surface area contributed by atoms with Crippen LogP contribution in [0.5, 0.6) is 0 Å². The highest BCUT2D eigenvalue weighted by Crippen LogP contribution is 2.03. The highest BCUT2D eigenvalue weighted by atomic mass is 35.5. The fourth-order valence-corrected chi connectivity index (χ4v) is 1.69. The van der Waals surface area contributed by atoms with Gasteiger partial charge in [-0.25, -0.2) is 0 Å². The fraction of sp³-hybridized carbons (Fsp3) is 0.538. The molecule has 0 amide bonds. The topological polar surface area (TPSA) is 3.24 Å². The highest BCUT2D eigenvalue weighted by molar-refractivity contribution is 5.14. The predicted molar refractivity (Wildman–Crippen MR) is 62.6 cm³/mol. The minimum atomic E-state index is 0. The summed E-state index contributed by atoms with van der Waals surface area (Å²) in [6, 6.07) is 10.7. The Morgan fingerprint density at radius 1 is 1.00 bits per heavy atom. The van der Waals surface area contributed by atoms with Gasteiger partial charge in [-0.15, -0.1) is 0 Å². The quantitative estimate of drug-likeness (QED) is 0.659. The van der Waals surface area contributed by atoms with Crippen molar-refractivity contribution in [1.82, 2.24) is 4.90 Å². The molecule has 0 N–H and O–H groups in total. The molecule has 0 fully saturated rings. The van der Waals surface area contributed by atoms with Crippen LogP contribution in [0.3, 0.4) is 0 Å². The van der Waals surface area contributed by atoms with Gasteiger partial charge in [0.05, 0.1) is 0 Å². The summed E-state index contributed by atoms with van der Waals surface area (Å²) in [4.78, 5) is 2.48. The average Bonchev–Trinajstić information content (AvgIpc) is 2.26. The molecule has 0 heterocycles. The molecule has 0 spiro atoms. The molecular formula is C13H21ClN-. The summed E-state index contributed by atoms with van der Waals surface area (Å²) in [6.45, 7) is 8.02. The Labute approximate surface area is 99.9 Å². The van der Waals surface area contributed by atoms with Crippen LogP contribution < -0.4 is 12.4 Å². The first-order chi connectivity index (χ1) is 6.86. The summed E-state index contributed by atoms with van der Waals surface area (Å²) in [7, 11) is 0. The maximum absolute atomic E-state index is 2.48. The lowest BCUT2D eigenvalue weighted by Gasteiger charge is -2.17. The molecule has 0 aliphatic rings. The standard InChI is InChI=1S/C13H21N.ClH/c1-3-14(4-2)12-8-11-13-9-6-5-7-10-13;/h5-7,9-10H,3-4,8,11-12H2,1-2H3;1H/p-1. The van der Waals surface area contributed by atoms with Crippen LogP contribution in [0.1, 0.15) is 25.8 Å². The average molecular weight is 227 g/mol. The van der Waals surface area contributed by atoms with Crippen LogP contribution in [0.25, 0.3) is 0 Å². The van der Waals surface area contributed by atoms with Crippen molar-refractivity contribution in [2.24, 2.45) is 0 Å². The molecule has 1 aromatic rings. The van der Waals surface area contributed by atoms with Crippen LogP contribution in [0.4, 0.5) is 0 Å². The maximum Gasteiger partial charge on any atom is -0.00158 e. The van der Waals surface area contributed by atoms with Crippen molar-refractivity contribution in [3.8, 4) is 0 Å². The lowest BCUT2D eigenvalue weighted by atomic mass is 10.1. The number of rotatable bonds is 6. The lowest BCUT2D eigenvalue weighted by Crippen LogP contribution is -3.00. The van der Waals surface area contributed by atoms with E-state index in [1.807, 2.05) is 0 Å². The second-order valence-electron chi connectivity index (χ2n) is 3.62. The Kier molecular flexibility index (Phi) is 8.44. The van der Waals surface area contributed by atoms with E-state index in [1.54, 1.807) is 0 Å². The molecule has 0 aliphatic heterocycles. The van der Waals surface area contributed by atoms with Gasteiger partial charge < -0.3 is 17.3 Å². The van der Waals surface area contributed by atoms with Crippen LogP contribution in [-0.2, 0) is 6.42 Å². The van der Waals surface area contributed by atoms with Gasteiger partial charge in [-0.1, -0.05) is 44.2 Å². The van der Waals surface area contributed by atoms with E-state index in [-0.39, 0.29) is 12.4 Å². The number of hydrogen-bond acceptors (Lipinski definition) is 1. The van der Waals surface area contributed by atoms with Gasteiger partial charge in [0.1, 0.15) is 0 Å². The van der Waals surface area contributed by atoms with Crippen molar-refractivity contribution in [3.63, 3.8) is 0 Å². The van der Waals surface area contributed by atoms with E-state index in [0.717, 1.165) is 0 Å². The Morgan fingerprint density at radius 2 is 1.60 bits per heavy atom. The van der Waals surface area contributed by atoms with Crippen molar-refractivity contribution in [2.75, 3.05) is 19.6 Å². The summed E-state index contributed by atoms with van der Waals surface area (Å²) in [5.74, 6) is 0. The van der Waals surface area contributed by atoms with Gasteiger partial charge in [0, 0.05) is 0 Å². The second kappa shape index (κ2) is 8.75. The molecule has 86 valence electrons. The van der Waals surface area contributed by atoms with E-state index in [0.29, 0.717) is 0 Å². The Bertz CT molecular complexity index is 232.